The molecule has 0 atom stereocenters. The minimum atomic E-state index is 0.294. The zero-order valence-corrected chi connectivity index (χ0v) is 9.46. The predicted octanol–water partition coefficient (Wildman–Crippen LogP) is 2.84. The quantitative estimate of drug-likeness (QED) is 0.495. The molecule has 0 aliphatic rings. The third-order valence-electron chi connectivity index (χ3n) is 2.51. The summed E-state index contributed by atoms with van der Waals surface area (Å²) in [7, 11) is 0. The molecule has 0 amide bonds. The normalized spacial score (nSPS) is 9.94. The van der Waals surface area contributed by atoms with E-state index in [0.29, 0.717) is 6.54 Å². The minimum Gasteiger partial charge on any atom is -0.282 e. The van der Waals surface area contributed by atoms with Crippen molar-refractivity contribution in [3.05, 3.63) is 46.1 Å². The van der Waals surface area contributed by atoms with Crippen LogP contribution in [-0.4, -0.2) is 15.2 Å². The van der Waals surface area contributed by atoms with Crippen LogP contribution in [-0.2, 0) is 13.0 Å². The first-order chi connectivity index (χ1) is 8.36. The Bertz CT molecular complexity index is 538. The van der Waals surface area contributed by atoms with Crippen LogP contribution in [0.25, 0.3) is 21.8 Å². The van der Waals surface area contributed by atoms with Crippen molar-refractivity contribution in [2.45, 2.75) is 19.9 Å². The largest absolute Gasteiger partial charge is 0.282 e. The van der Waals surface area contributed by atoms with Crippen molar-refractivity contribution < 1.29 is 0 Å². The van der Waals surface area contributed by atoms with Crippen LogP contribution < -0.4 is 0 Å². The molecular weight excluding hydrogens is 216 g/mol. The van der Waals surface area contributed by atoms with E-state index in [9.17, 15) is 0 Å². The molecule has 0 spiro atoms. The van der Waals surface area contributed by atoms with E-state index in [1.165, 1.54) is 0 Å². The van der Waals surface area contributed by atoms with Gasteiger partial charge < -0.3 is 0 Å². The van der Waals surface area contributed by atoms with Crippen LogP contribution in [0.5, 0.6) is 0 Å². The lowest BCUT2D eigenvalue weighted by molar-refractivity contribution is 0.944. The standard InChI is InChI=1S/C11H12N6/c1-2-9-8(7-14-17-12)11(16-15-9)10-5-3-4-6-13-10/h3-6H,2,7H2,1H3,(H,15,16). The molecule has 2 aromatic rings. The van der Waals surface area contributed by atoms with Gasteiger partial charge >= 0.3 is 0 Å². The topological polar surface area (TPSA) is 90.3 Å². The lowest BCUT2D eigenvalue weighted by atomic mass is 10.1. The Morgan fingerprint density at radius 3 is 3.00 bits per heavy atom. The lowest BCUT2D eigenvalue weighted by Gasteiger charge is -2.00. The molecule has 0 saturated heterocycles. The van der Waals surface area contributed by atoms with Crippen LogP contribution in [0.4, 0.5) is 0 Å². The highest BCUT2D eigenvalue weighted by molar-refractivity contribution is 5.59. The van der Waals surface area contributed by atoms with Gasteiger partial charge in [0, 0.05) is 22.4 Å². The maximum absolute atomic E-state index is 8.40. The summed E-state index contributed by atoms with van der Waals surface area (Å²) in [5.74, 6) is 0. The number of nitrogens with one attached hydrogen (secondary N) is 1. The van der Waals surface area contributed by atoms with Crippen molar-refractivity contribution in [1.29, 1.82) is 0 Å². The van der Waals surface area contributed by atoms with Gasteiger partial charge in [-0.25, -0.2) is 0 Å². The molecule has 2 aromatic heterocycles. The summed E-state index contributed by atoms with van der Waals surface area (Å²) in [5.41, 5.74) is 11.8. The van der Waals surface area contributed by atoms with E-state index >= 15 is 0 Å². The molecule has 6 nitrogen and oxygen atoms in total. The van der Waals surface area contributed by atoms with Crippen molar-refractivity contribution in [1.82, 2.24) is 15.2 Å². The Kier molecular flexibility index (Phi) is 3.37. The number of nitrogens with zero attached hydrogens (tertiary/aromatic N) is 5. The highest BCUT2D eigenvalue weighted by atomic mass is 15.2. The van der Waals surface area contributed by atoms with Gasteiger partial charge in [0.15, 0.2) is 0 Å². The van der Waals surface area contributed by atoms with Gasteiger partial charge in [-0.15, -0.1) is 0 Å². The SMILES string of the molecule is CCc1[nH]nc(-c2ccccn2)c1CN=[N+]=[N-]. The summed E-state index contributed by atoms with van der Waals surface area (Å²) in [5, 5.41) is 10.8. The van der Waals surface area contributed by atoms with E-state index in [-0.39, 0.29) is 0 Å². The Morgan fingerprint density at radius 1 is 1.47 bits per heavy atom. The zero-order valence-electron chi connectivity index (χ0n) is 9.46. The van der Waals surface area contributed by atoms with Gasteiger partial charge in [-0.05, 0) is 24.1 Å². The molecule has 6 heteroatoms. The number of aryl methyl sites for hydroxylation is 1. The average Bonchev–Trinajstić information content (AvgIpc) is 2.80. The number of pyridine rings is 1. The van der Waals surface area contributed by atoms with Gasteiger partial charge in [0.05, 0.1) is 12.2 Å². The number of azide groups is 1. The van der Waals surface area contributed by atoms with Crippen molar-refractivity contribution in [2.24, 2.45) is 5.11 Å². The van der Waals surface area contributed by atoms with Gasteiger partial charge in [-0.2, -0.15) is 5.10 Å². The van der Waals surface area contributed by atoms with Gasteiger partial charge in [0.1, 0.15) is 5.69 Å². The molecule has 0 aliphatic carbocycles. The number of hydrogen-bond acceptors (Lipinski definition) is 3. The van der Waals surface area contributed by atoms with Gasteiger partial charge in [-0.1, -0.05) is 18.1 Å². The molecular formula is C11H12N6. The van der Waals surface area contributed by atoms with E-state index in [4.69, 9.17) is 5.53 Å². The smallest absolute Gasteiger partial charge is 0.114 e. The Morgan fingerprint density at radius 2 is 2.35 bits per heavy atom. The fourth-order valence-corrected chi connectivity index (χ4v) is 1.68. The third-order valence-corrected chi connectivity index (χ3v) is 2.51. The fraction of sp³-hybridized carbons (Fsp3) is 0.273. The van der Waals surface area contributed by atoms with Crippen molar-refractivity contribution in [2.75, 3.05) is 0 Å². The molecule has 0 radical (unpaired) electrons. The maximum Gasteiger partial charge on any atom is 0.114 e. The highest BCUT2D eigenvalue weighted by Crippen LogP contribution is 2.23. The Balaban J connectivity index is 2.47. The average molecular weight is 228 g/mol. The molecule has 2 rings (SSSR count). The van der Waals surface area contributed by atoms with E-state index in [1.54, 1.807) is 6.20 Å². The van der Waals surface area contributed by atoms with E-state index < -0.39 is 0 Å². The number of aromatic nitrogens is 3. The first-order valence-electron chi connectivity index (χ1n) is 5.35. The van der Waals surface area contributed by atoms with Crippen molar-refractivity contribution in [3.8, 4) is 11.4 Å². The summed E-state index contributed by atoms with van der Waals surface area (Å²) < 4.78 is 0. The van der Waals surface area contributed by atoms with Gasteiger partial charge in [0.25, 0.3) is 0 Å². The molecule has 0 fully saturated rings. The summed E-state index contributed by atoms with van der Waals surface area (Å²) in [6, 6.07) is 5.64. The first-order valence-corrected chi connectivity index (χ1v) is 5.35. The number of H-pyrrole nitrogens is 1. The fourth-order valence-electron chi connectivity index (χ4n) is 1.68. The van der Waals surface area contributed by atoms with Crippen LogP contribution in [0.2, 0.25) is 0 Å². The van der Waals surface area contributed by atoms with E-state index in [1.807, 2.05) is 25.1 Å². The molecule has 2 heterocycles. The Labute approximate surface area is 98.3 Å². The van der Waals surface area contributed by atoms with Crippen LogP contribution in [0.15, 0.2) is 29.5 Å². The predicted molar refractivity (Wildman–Crippen MR) is 64.0 cm³/mol. The second-order valence-electron chi connectivity index (χ2n) is 3.49. The van der Waals surface area contributed by atoms with Gasteiger partial charge in [-0.3, -0.25) is 10.1 Å². The van der Waals surface area contributed by atoms with Crippen LogP contribution in [0.1, 0.15) is 18.2 Å². The first kappa shape index (κ1) is 11.2. The summed E-state index contributed by atoms with van der Waals surface area (Å²) >= 11 is 0. The van der Waals surface area contributed by atoms with Crippen molar-refractivity contribution >= 4 is 0 Å². The Hall–Kier alpha value is -2.33. The highest BCUT2D eigenvalue weighted by Gasteiger charge is 2.13. The lowest BCUT2D eigenvalue weighted by Crippen LogP contribution is -1.91. The third kappa shape index (κ3) is 2.26. The van der Waals surface area contributed by atoms with Crippen LogP contribution in [0, 0.1) is 0 Å². The molecule has 0 aliphatic heterocycles. The molecule has 0 saturated carbocycles. The van der Waals surface area contributed by atoms with Crippen molar-refractivity contribution in [3.63, 3.8) is 0 Å². The molecule has 86 valence electrons. The van der Waals surface area contributed by atoms with E-state index in [0.717, 1.165) is 29.1 Å². The van der Waals surface area contributed by atoms with E-state index in [2.05, 4.69) is 25.2 Å². The van der Waals surface area contributed by atoms with Crippen LogP contribution in [0.3, 0.4) is 0 Å². The monoisotopic (exact) mass is 228 g/mol. The zero-order chi connectivity index (χ0) is 12.1. The summed E-state index contributed by atoms with van der Waals surface area (Å²) in [4.78, 5) is 7.03. The van der Waals surface area contributed by atoms with Gasteiger partial charge in [0.2, 0.25) is 0 Å². The summed E-state index contributed by atoms with van der Waals surface area (Å²) in [6.07, 6.45) is 2.53. The number of hydrogen-bond donors (Lipinski definition) is 1. The second kappa shape index (κ2) is 5.14. The maximum atomic E-state index is 8.40. The molecule has 0 aromatic carbocycles. The second-order valence-corrected chi connectivity index (χ2v) is 3.49. The number of aromatic amines is 1. The molecule has 0 bridgehead atoms. The number of rotatable bonds is 4. The molecule has 0 unspecified atom stereocenters. The molecule has 1 N–H and O–H groups in total. The molecule has 17 heavy (non-hydrogen) atoms. The van der Waals surface area contributed by atoms with Crippen LogP contribution >= 0.6 is 0 Å². The summed E-state index contributed by atoms with van der Waals surface area (Å²) in [6.45, 7) is 2.32. The minimum absolute atomic E-state index is 0.294.